The molecule has 11 heteroatoms. The van der Waals surface area contributed by atoms with Crippen molar-refractivity contribution in [3.05, 3.63) is 89.8 Å². The minimum absolute atomic E-state index is 0.212. The molecule has 7 nitrogen and oxygen atoms in total. The molecule has 3 amide bonds. The molecular formula is C26H19BrClIN2O5S. The lowest BCUT2D eigenvalue weighted by Crippen LogP contribution is -2.27. The zero-order valence-electron chi connectivity index (χ0n) is 19.3. The van der Waals surface area contributed by atoms with E-state index in [1.54, 1.807) is 42.5 Å². The van der Waals surface area contributed by atoms with Crippen molar-refractivity contribution in [2.45, 2.75) is 6.54 Å². The number of halogens is 3. The summed E-state index contributed by atoms with van der Waals surface area (Å²) in [6.45, 7) is -0.0373. The quantitative estimate of drug-likeness (QED) is 0.201. The molecule has 1 fully saturated rings. The Balaban J connectivity index is 1.41. The highest BCUT2D eigenvalue weighted by Gasteiger charge is 2.35. The van der Waals surface area contributed by atoms with Crippen LogP contribution in [-0.4, -0.2) is 35.7 Å². The lowest BCUT2D eigenvalue weighted by atomic mass is 10.1. The number of carbonyl (C=O) groups is 3. The highest BCUT2D eigenvalue weighted by atomic mass is 127. The van der Waals surface area contributed by atoms with Gasteiger partial charge >= 0.3 is 0 Å². The third-order valence-corrected chi connectivity index (χ3v) is 8.03. The van der Waals surface area contributed by atoms with Gasteiger partial charge in [-0.05, 0) is 110 Å². The minimum Gasteiger partial charge on any atom is -0.493 e. The first-order valence-electron chi connectivity index (χ1n) is 10.8. The number of rotatable bonds is 8. The molecular weight excluding hydrogens is 695 g/mol. The van der Waals surface area contributed by atoms with Gasteiger partial charge in [0.2, 0.25) is 0 Å². The molecule has 1 aliphatic heterocycles. The third-order valence-electron chi connectivity index (χ3n) is 5.18. The lowest BCUT2D eigenvalue weighted by molar-refractivity contribution is -0.123. The zero-order valence-corrected chi connectivity index (χ0v) is 24.6. The van der Waals surface area contributed by atoms with E-state index in [0.29, 0.717) is 32.7 Å². The molecule has 190 valence electrons. The summed E-state index contributed by atoms with van der Waals surface area (Å²) in [6.07, 6.45) is 1.63. The molecule has 0 saturated carbocycles. The van der Waals surface area contributed by atoms with Gasteiger partial charge in [0.05, 0.1) is 23.6 Å². The van der Waals surface area contributed by atoms with Crippen LogP contribution in [0.2, 0.25) is 5.02 Å². The number of nitrogens with zero attached hydrogens (tertiary/aromatic N) is 1. The molecule has 1 aliphatic rings. The standard InChI is InChI=1S/C26H19BrClIN2O5S/c1-35-22-10-16(4-9-21(22)36-14-24(32)30-18-7-8-19(27)20(28)12-18)11-23-25(33)31(26(34)37-23)13-15-2-5-17(29)6-3-15/h2-12H,13-14H2,1H3,(H,30,32)/b23-11+. The smallest absolute Gasteiger partial charge is 0.293 e. The number of hydrogen-bond acceptors (Lipinski definition) is 6. The molecule has 0 aliphatic carbocycles. The van der Waals surface area contributed by atoms with Crippen molar-refractivity contribution in [2.24, 2.45) is 0 Å². The van der Waals surface area contributed by atoms with Crippen molar-refractivity contribution in [3.63, 3.8) is 0 Å². The fourth-order valence-electron chi connectivity index (χ4n) is 3.37. The topological polar surface area (TPSA) is 84.9 Å². The van der Waals surface area contributed by atoms with Crippen LogP contribution in [-0.2, 0) is 16.1 Å². The number of anilines is 1. The van der Waals surface area contributed by atoms with Crippen LogP contribution in [0.25, 0.3) is 6.08 Å². The maximum atomic E-state index is 12.9. The van der Waals surface area contributed by atoms with Crippen molar-refractivity contribution in [1.82, 2.24) is 4.90 Å². The van der Waals surface area contributed by atoms with Gasteiger partial charge in [-0.3, -0.25) is 19.3 Å². The van der Waals surface area contributed by atoms with Gasteiger partial charge in [-0.2, -0.15) is 0 Å². The van der Waals surface area contributed by atoms with Crippen LogP contribution >= 0.6 is 61.9 Å². The first kappa shape index (κ1) is 27.5. The maximum Gasteiger partial charge on any atom is 0.293 e. The lowest BCUT2D eigenvalue weighted by Gasteiger charge is -2.13. The fraction of sp³-hybridized carbons (Fsp3) is 0.115. The van der Waals surface area contributed by atoms with Crippen molar-refractivity contribution in [2.75, 3.05) is 19.0 Å². The second kappa shape index (κ2) is 12.3. The Morgan fingerprint density at radius 2 is 1.86 bits per heavy atom. The normalized spacial score (nSPS) is 14.3. The Morgan fingerprint density at radius 1 is 1.11 bits per heavy atom. The van der Waals surface area contributed by atoms with Crippen LogP contribution in [0, 0.1) is 3.57 Å². The van der Waals surface area contributed by atoms with Crippen LogP contribution in [0.4, 0.5) is 10.5 Å². The molecule has 4 rings (SSSR count). The molecule has 1 heterocycles. The van der Waals surface area contributed by atoms with Crippen molar-refractivity contribution in [1.29, 1.82) is 0 Å². The predicted molar refractivity (Wildman–Crippen MR) is 157 cm³/mol. The van der Waals surface area contributed by atoms with Crippen molar-refractivity contribution < 1.29 is 23.9 Å². The average Bonchev–Trinajstić information content (AvgIpc) is 3.13. The van der Waals surface area contributed by atoms with E-state index in [0.717, 1.165) is 25.4 Å². The van der Waals surface area contributed by atoms with Gasteiger partial charge in [0.15, 0.2) is 18.1 Å². The Labute approximate surface area is 244 Å². The van der Waals surface area contributed by atoms with E-state index >= 15 is 0 Å². The third kappa shape index (κ3) is 7.07. The molecule has 0 radical (unpaired) electrons. The van der Waals surface area contributed by atoms with Gasteiger partial charge in [-0.1, -0.05) is 29.8 Å². The Kier molecular flexibility index (Phi) is 9.17. The highest BCUT2D eigenvalue weighted by Crippen LogP contribution is 2.35. The number of benzene rings is 3. The molecule has 37 heavy (non-hydrogen) atoms. The van der Waals surface area contributed by atoms with Gasteiger partial charge in [0.1, 0.15) is 0 Å². The molecule has 0 aromatic heterocycles. The molecule has 0 bridgehead atoms. The Morgan fingerprint density at radius 3 is 2.57 bits per heavy atom. The maximum absolute atomic E-state index is 12.9. The summed E-state index contributed by atoms with van der Waals surface area (Å²) in [7, 11) is 1.48. The van der Waals surface area contributed by atoms with Gasteiger partial charge in [0, 0.05) is 13.7 Å². The van der Waals surface area contributed by atoms with Gasteiger partial charge in [-0.25, -0.2) is 0 Å². The van der Waals surface area contributed by atoms with Crippen LogP contribution in [0.3, 0.4) is 0 Å². The summed E-state index contributed by atoms with van der Waals surface area (Å²) in [5, 5.41) is 2.87. The first-order chi connectivity index (χ1) is 17.7. The van der Waals surface area contributed by atoms with Crippen LogP contribution in [0.1, 0.15) is 11.1 Å². The Hall–Kier alpha value is -2.54. The molecule has 3 aromatic rings. The van der Waals surface area contributed by atoms with E-state index in [4.69, 9.17) is 21.1 Å². The van der Waals surface area contributed by atoms with E-state index in [2.05, 4.69) is 43.8 Å². The zero-order chi connectivity index (χ0) is 26.5. The van der Waals surface area contributed by atoms with E-state index in [9.17, 15) is 14.4 Å². The minimum atomic E-state index is -0.369. The largest absolute Gasteiger partial charge is 0.493 e. The number of hydrogen-bond donors (Lipinski definition) is 1. The van der Waals surface area contributed by atoms with Crippen molar-refractivity contribution in [3.8, 4) is 11.5 Å². The number of nitrogens with one attached hydrogen (secondary N) is 1. The van der Waals surface area contributed by atoms with Crippen LogP contribution < -0.4 is 14.8 Å². The summed E-state index contributed by atoms with van der Waals surface area (Å²) in [5.41, 5.74) is 2.07. The highest BCUT2D eigenvalue weighted by molar-refractivity contribution is 14.1. The number of carbonyl (C=O) groups excluding carboxylic acids is 3. The van der Waals surface area contributed by atoms with Crippen LogP contribution in [0.5, 0.6) is 11.5 Å². The summed E-state index contributed by atoms with van der Waals surface area (Å²) in [5.74, 6) is 0.0192. The number of thioether (sulfide) groups is 1. The number of methoxy groups -OCH3 is 1. The number of ether oxygens (including phenoxy) is 2. The molecule has 1 saturated heterocycles. The molecule has 1 N–H and O–H groups in total. The molecule has 0 spiro atoms. The average molecular weight is 714 g/mol. The predicted octanol–water partition coefficient (Wildman–Crippen LogP) is 6.97. The summed E-state index contributed by atoms with van der Waals surface area (Å²) >= 11 is 12.5. The monoisotopic (exact) mass is 712 g/mol. The summed E-state index contributed by atoms with van der Waals surface area (Å²) in [4.78, 5) is 39.2. The van der Waals surface area contributed by atoms with Gasteiger partial charge < -0.3 is 14.8 Å². The van der Waals surface area contributed by atoms with Crippen molar-refractivity contribution >= 4 is 90.7 Å². The molecule has 0 unspecified atom stereocenters. The van der Waals surface area contributed by atoms with E-state index in [1.807, 2.05) is 24.3 Å². The molecule has 3 aromatic carbocycles. The second-order valence-electron chi connectivity index (χ2n) is 7.77. The number of amides is 3. The first-order valence-corrected chi connectivity index (χ1v) is 13.9. The van der Waals surface area contributed by atoms with E-state index < -0.39 is 0 Å². The number of imide groups is 1. The summed E-state index contributed by atoms with van der Waals surface area (Å²) < 4.78 is 12.8. The van der Waals surface area contributed by atoms with Gasteiger partial charge in [0.25, 0.3) is 17.1 Å². The van der Waals surface area contributed by atoms with E-state index in [-0.39, 0.29) is 30.2 Å². The Bertz CT molecular complexity index is 1400. The molecule has 0 atom stereocenters. The van der Waals surface area contributed by atoms with Gasteiger partial charge in [-0.15, -0.1) is 0 Å². The second-order valence-corrected chi connectivity index (χ2v) is 11.3. The fourth-order valence-corrected chi connectivity index (χ4v) is 4.99. The van der Waals surface area contributed by atoms with E-state index in [1.165, 1.54) is 12.0 Å². The SMILES string of the molecule is COc1cc(/C=C2/SC(=O)N(Cc3ccc(I)cc3)C2=O)ccc1OCC(=O)Nc1ccc(Br)c(Cl)c1. The van der Waals surface area contributed by atoms with Crippen LogP contribution in [0.15, 0.2) is 70.0 Å². The summed E-state index contributed by atoms with van der Waals surface area (Å²) in [6, 6.07) is 17.8.